The van der Waals surface area contributed by atoms with Crippen LogP contribution >= 0.6 is 0 Å². The van der Waals surface area contributed by atoms with Gasteiger partial charge in [-0.15, -0.1) is 0 Å². The second-order valence-electron chi connectivity index (χ2n) is 5.29. The van der Waals surface area contributed by atoms with Crippen molar-refractivity contribution in [1.29, 1.82) is 0 Å². The van der Waals surface area contributed by atoms with Gasteiger partial charge in [0.2, 0.25) is 5.75 Å². The van der Waals surface area contributed by atoms with E-state index < -0.39 is 16.6 Å². The number of nitro groups is 1. The maximum atomic E-state index is 11.9. The lowest BCUT2D eigenvalue weighted by molar-refractivity contribution is -0.390. The van der Waals surface area contributed by atoms with Crippen molar-refractivity contribution in [2.24, 2.45) is 0 Å². The van der Waals surface area contributed by atoms with Crippen LogP contribution in [-0.2, 0) is 11.3 Å². The molecular weight excluding hydrogens is 342 g/mol. The smallest absolute Gasteiger partial charge is 0.406 e. The molecule has 0 aliphatic rings. The Kier molecular flexibility index (Phi) is 6.31. The highest BCUT2D eigenvalue weighted by molar-refractivity contribution is 5.77. The van der Waals surface area contributed by atoms with Gasteiger partial charge in [-0.1, -0.05) is 6.07 Å². The zero-order valence-corrected chi connectivity index (χ0v) is 14.6. The van der Waals surface area contributed by atoms with Gasteiger partial charge in [0.15, 0.2) is 18.1 Å². The van der Waals surface area contributed by atoms with E-state index in [1.807, 2.05) is 0 Å². The minimum Gasteiger partial charge on any atom is -0.493 e. The molecule has 0 atom stereocenters. The zero-order chi connectivity index (χ0) is 19.1. The number of hydrogen-bond donors (Lipinski definition) is 1. The first-order chi connectivity index (χ1) is 12.4. The number of methoxy groups -OCH3 is 2. The van der Waals surface area contributed by atoms with Gasteiger partial charge in [0.25, 0.3) is 5.91 Å². The van der Waals surface area contributed by atoms with E-state index in [4.69, 9.17) is 14.2 Å². The minimum absolute atomic E-state index is 0.0538. The highest BCUT2D eigenvalue weighted by atomic mass is 16.6. The molecule has 1 amide bonds. The van der Waals surface area contributed by atoms with Crippen molar-refractivity contribution >= 4 is 11.7 Å². The Morgan fingerprint density at radius 1 is 1.15 bits per heavy atom. The van der Waals surface area contributed by atoms with Crippen LogP contribution in [0.3, 0.4) is 0 Å². The quantitative estimate of drug-likeness (QED) is 0.565. The first-order valence-electron chi connectivity index (χ1n) is 7.67. The van der Waals surface area contributed by atoms with E-state index in [0.29, 0.717) is 17.2 Å². The van der Waals surface area contributed by atoms with Gasteiger partial charge >= 0.3 is 5.82 Å². The van der Waals surface area contributed by atoms with Crippen molar-refractivity contribution in [3.05, 3.63) is 51.7 Å². The highest BCUT2D eigenvalue weighted by Crippen LogP contribution is 2.27. The van der Waals surface area contributed by atoms with Crippen LogP contribution in [0.15, 0.2) is 30.3 Å². The average molecular weight is 361 g/mol. The number of aryl methyl sites for hydroxylation is 1. The van der Waals surface area contributed by atoms with Gasteiger partial charge in [0.1, 0.15) is 5.69 Å². The normalized spacial score (nSPS) is 10.1. The molecule has 0 saturated heterocycles. The van der Waals surface area contributed by atoms with Gasteiger partial charge in [-0.2, -0.15) is 0 Å². The summed E-state index contributed by atoms with van der Waals surface area (Å²) in [6, 6.07) is 8.26. The standard InChI is InChI=1S/C17H19N3O6/c1-11-4-6-14(17(19-11)20(22)23)26-10-16(21)18-9-12-5-7-13(24-2)15(8-12)25-3/h4-8H,9-10H2,1-3H3,(H,18,21). The molecular formula is C17H19N3O6. The summed E-state index contributed by atoms with van der Waals surface area (Å²) in [6.07, 6.45) is 0. The van der Waals surface area contributed by atoms with Crippen LogP contribution in [0, 0.1) is 17.0 Å². The van der Waals surface area contributed by atoms with Crippen LogP contribution in [0.2, 0.25) is 0 Å². The van der Waals surface area contributed by atoms with Crippen LogP contribution < -0.4 is 19.5 Å². The van der Waals surface area contributed by atoms with Crippen molar-refractivity contribution in [1.82, 2.24) is 10.3 Å². The van der Waals surface area contributed by atoms with E-state index in [0.717, 1.165) is 5.56 Å². The number of pyridine rings is 1. The molecule has 0 spiro atoms. The Hall–Kier alpha value is -3.36. The topological polar surface area (TPSA) is 113 Å². The maximum Gasteiger partial charge on any atom is 0.406 e. The fraction of sp³-hybridized carbons (Fsp3) is 0.294. The third kappa shape index (κ3) is 4.82. The van der Waals surface area contributed by atoms with Crippen molar-refractivity contribution < 1.29 is 23.9 Å². The second kappa shape index (κ2) is 8.65. The minimum atomic E-state index is -0.649. The molecule has 138 valence electrons. The monoisotopic (exact) mass is 361 g/mol. The van der Waals surface area contributed by atoms with E-state index >= 15 is 0 Å². The van der Waals surface area contributed by atoms with Gasteiger partial charge in [-0.3, -0.25) is 4.79 Å². The molecule has 0 saturated carbocycles. The summed E-state index contributed by atoms with van der Waals surface area (Å²) in [5.74, 6) is 0.246. The summed E-state index contributed by atoms with van der Waals surface area (Å²) in [6.45, 7) is 1.52. The van der Waals surface area contributed by atoms with Crippen LogP contribution in [-0.4, -0.2) is 36.6 Å². The van der Waals surface area contributed by atoms with Gasteiger partial charge in [-0.05, 0) is 39.7 Å². The van der Waals surface area contributed by atoms with E-state index in [1.165, 1.54) is 20.3 Å². The number of ether oxygens (including phenoxy) is 3. The highest BCUT2D eigenvalue weighted by Gasteiger charge is 2.18. The predicted octanol–water partition coefficient (Wildman–Crippen LogP) is 2.01. The summed E-state index contributed by atoms with van der Waals surface area (Å²) in [4.78, 5) is 26.1. The van der Waals surface area contributed by atoms with E-state index in [2.05, 4.69) is 10.3 Å². The average Bonchev–Trinajstić information content (AvgIpc) is 2.64. The molecule has 1 heterocycles. The Morgan fingerprint density at radius 2 is 1.85 bits per heavy atom. The lowest BCUT2D eigenvalue weighted by Crippen LogP contribution is -2.28. The molecule has 1 N–H and O–H groups in total. The summed E-state index contributed by atoms with van der Waals surface area (Å²) < 4.78 is 15.6. The summed E-state index contributed by atoms with van der Waals surface area (Å²) in [5.41, 5.74) is 1.29. The van der Waals surface area contributed by atoms with E-state index in [9.17, 15) is 14.9 Å². The Labute approximate surface area is 150 Å². The van der Waals surface area contributed by atoms with Crippen molar-refractivity contribution in [3.63, 3.8) is 0 Å². The first-order valence-corrected chi connectivity index (χ1v) is 7.67. The molecule has 1 aromatic heterocycles. The molecule has 0 bridgehead atoms. The van der Waals surface area contributed by atoms with Crippen LogP contribution in [0.25, 0.3) is 0 Å². The molecule has 2 rings (SSSR count). The number of nitrogens with one attached hydrogen (secondary N) is 1. The molecule has 9 nitrogen and oxygen atoms in total. The summed E-state index contributed by atoms with van der Waals surface area (Å²) in [5, 5.41) is 13.6. The summed E-state index contributed by atoms with van der Waals surface area (Å²) >= 11 is 0. The van der Waals surface area contributed by atoms with E-state index in [1.54, 1.807) is 31.2 Å². The number of carbonyl (C=O) groups excluding carboxylic acids is 1. The number of amides is 1. The fourth-order valence-corrected chi connectivity index (χ4v) is 2.16. The molecule has 0 radical (unpaired) electrons. The summed E-state index contributed by atoms with van der Waals surface area (Å²) in [7, 11) is 3.06. The third-order valence-electron chi connectivity index (χ3n) is 3.45. The third-order valence-corrected chi connectivity index (χ3v) is 3.45. The molecule has 1 aromatic carbocycles. The molecule has 0 aliphatic carbocycles. The Bertz CT molecular complexity index is 809. The van der Waals surface area contributed by atoms with Crippen molar-refractivity contribution in [2.45, 2.75) is 13.5 Å². The molecule has 0 fully saturated rings. The lowest BCUT2D eigenvalue weighted by Gasteiger charge is -2.11. The number of rotatable bonds is 8. The largest absolute Gasteiger partial charge is 0.493 e. The van der Waals surface area contributed by atoms with Gasteiger partial charge in [0.05, 0.1) is 14.2 Å². The number of aromatic nitrogens is 1. The van der Waals surface area contributed by atoms with Gasteiger partial charge in [0, 0.05) is 13.5 Å². The molecule has 9 heteroatoms. The molecule has 0 unspecified atom stereocenters. The number of hydrogen-bond acceptors (Lipinski definition) is 7. The SMILES string of the molecule is COc1ccc(CNC(=O)COc2ccc(C)nc2[N+](=O)[O-])cc1OC. The fourth-order valence-electron chi connectivity index (χ4n) is 2.16. The zero-order valence-electron chi connectivity index (χ0n) is 14.6. The lowest BCUT2D eigenvalue weighted by atomic mass is 10.2. The first kappa shape index (κ1) is 19.0. The van der Waals surface area contributed by atoms with Gasteiger partial charge in [-0.25, -0.2) is 0 Å². The van der Waals surface area contributed by atoms with Crippen molar-refractivity contribution in [2.75, 3.05) is 20.8 Å². The second-order valence-corrected chi connectivity index (χ2v) is 5.29. The maximum absolute atomic E-state index is 11.9. The number of carbonyl (C=O) groups is 1. The molecule has 2 aromatic rings. The van der Waals surface area contributed by atoms with Crippen molar-refractivity contribution in [3.8, 4) is 17.2 Å². The van der Waals surface area contributed by atoms with E-state index in [-0.39, 0.29) is 18.9 Å². The molecule has 26 heavy (non-hydrogen) atoms. The Morgan fingerprint density at radius 3 is 2.50 bits per heavy atom. The molecule has 0 aliphatic heterocycles. The van der Waals surface area contributed by atoms with Crippen LogP contribution in [0.4, 0.5) is 5.82 Å². The van der Waals surface area contributed by atoms with Crippen LogP contribution in [0.1, 0.15) is 11.3 Å². The van der Waals surface area contributed by atoms with Gasteiger partial charge < -0.3 is 29.6 Å². The number of nitrogens with zero attached hydrogens (tertiary/aromatic N) is 2. The number of benzene rings is 1. The predicted molar refractivity (Wildman–Crippen MR) is 92.5 cm³/mol. The van der Waals surface area contributed by atoms with Crippen LogP contribution in [0.5, 0.6) is 17.2 Å². The Balaban J connectivity index is 1.93.